The average Bonchev–Trinajstić information content (AvgIpc) is 3.14. The minimum Gasteiger partial charge on any atom is -0.497 e. The molecule has 146 valence electrons. The third-order valence-electron chi connectivity index (χ3n) is 5.21. The summed E-state index contributed by atoms with van der Waals surface area (Å²) in [5.41, 5.74) is 1.59. The number of amides is 1. The number of anilines is 1. The molecule has 2 aromatic carbocycles. The number of rotatable bonds is 5. The third kappa shape index (κ3) is 3.65. The maximum Gasteiger partial charge on any atom is 0.224 e. The van der Waals surface area contributed by atoms with Crippen molar-refractivity contribution in [3.05, 3.63) is 54.5 Å². The van der Waals surface area contributed by atoms with Crippen molar-refractivity contribution < 1.29 is 13.9 Å². The fourth-order valence-electron chi connectivity index (χ4n) is 3.63. The van der Waals surface area contributed by atoms with Gasteiger partial charge in [-0.1, -0.05) is 12.1 Å². The fraction of sp³-hybridized carbons (Fsp3) is 0.333. The largest absolute Gasteiger partial charge is 0.497 e. The molecule has 6 nitrogen and oxygen atoms in total. The highest BCUT2D eigenvalue weighted by molar-refractivity contribution is 5.81. The molecule has 0 bridgehead atoms. The van der Waals surface area contributed by atoms with Gasteiger partial charge in [0.2, 0.25) is 5.91 Å². The Balaban J connectivity index is 1.33. The van der Waals surface area contributed by atoms with Crippen LogP contribution in [-0.2, 0) is 11.3 Å². The van der Waals surface area contributed by atoms with Crippen molar-refractivity contribution in [1.82, 2.24) is 14.7 Å². The van der Waals surface area contributed by atoms with Crippen LogP contribution in [0.3, 0.4) is 0 Å². The van der Waals surface area contributed by atoms with Gasteiger partial charge < -0.3 is 14.5 Å². The van der Waals surface area contributed by atoms with Crippen molar-refractivity contribution in [2.24, 2.45) is 0 Å². The van der Waals surface area contributed by atoms with Gasteiger partial charge >= 0.3 is 0 Å². The quantitative estimate of drug-likeness (QED) is 0.681. The summed E-state index contributed by atoms with van der Waals surface area (Å²) in [6.45, 7) is 3.00. The first-order valence-corrected chi connectivity index (χ1v) is 9.42. The minimum absolute atomic E-state index is 0.102. The van der Waals surface area contributed by atoms with Crippen LogP contribution in [-0.4, -0.2) is 53.9 Å². The zero-order chi connectivity index (χ0) is 19.5. The number of nitrogens with zero attached hydrogens (tertiary/aromatic N) is 4. The highest BCUT2D eigenvalue weighted by atomic mass is 19.1. The van der Waals surface area contributed by atoms with Gasteiger partial charge in [0.1, 0.15) is 11.6 Å². The van der Waals surface area contributed by atoms with E-state index in [9.17, 15) is 9.18 Å². The first kappa shape index (κ1) is 18.3. The van der Waals surface area contributed by atoms with Gasteiger partial charge in [-0.25, -0.2) is 4.39 Å². The Bertz CT molecular complexity index is 979. The molecule has 2 heterocycles. The van der Waals surface area contributed by atoms with Crippen molar-refractivity contribution in [2.45, 2.75) is 13.0 Å². The molecule has 1 amide bonds. The van der Waals surface area contributed by atoms with Gasteiger partial charge in [-0.3, -0.25) is 9.48 Å². The molecule has 0 saturated carbocycles. The number of ether oxygens (including phenoxy) is 1. The number of aryl methyl sites for hydroxylation is 1. The molecular formula is C21H23FN4O2. The van der Waals surface area contributed by atoms with Crippen LogP contribution >= 0.6 is 0 Å². The summed E-state index contributed by atoms with van der Waals surface area (Å²) in [5.74, 6) is 0.672. The molecule has 0 aliphatic carbocycles. The maximum atomic E-state index is 13.9. The number of para-hydroxylation sites is 1. The summed E-state index contributed by atoms with van der Waals surface area (Å²) < 4.78 is 21.0. The number of hydrogen-bond acceptors (Lipinski definition) is 4. The monoisotopic (exact) mass is 382 g/mol. The molecule has 0 spiro atoms. The van der Waals surface area contributed by atoms with Gasteiger partial charge in [0, 0.05) is 38.0 Å². The van der Waals surface area contributed by atoms with Gasteiger partial charge in [0.25, 0.3) is 0 Å². The van der Waals surface area contributed by atoms with Crippen LogP contribution in [0.1, 0.15) is 6.42 Å². The second-order valence-corrected chi connectivity index (χ2v) is 6.86. The lowest BCUT2D eigenvalue weighted by Crippen LogP contribution is -2.49. The topological polar surface area (TPSA) is 50.6 Å². The number of aromatic nitrogens is 2. The predicted octanol–water partition coefficient (Wildman–Crippen LogP) is 2.92. The van der Waals surface area contributed by atoms with Gasteiger partial charge in [0.05, 0.1) is 31.1 Å². The van der Waals surface area contributed by atoms with Crippen molar-refractivity contribution in [1.29, 1.82) is 0 Å². The Labute approximate surface area is 163 Å². The number of piperazine rings is 1. The number of carbonyl (C=O) groups is 1. The molecule has 3 aromatic rings. The van der Waals surface area contributed by atoms with Crippen molar-refractivity contribution >= 4 is 22.5 Å². The number of fused-ring (bicyclic) bond motifs is 1. The second-order valence-electron chi connectivity index (χ2n) is 6.86. The summed E-state index contributed by atoms with van der Waals surface area (Å²) in [7, 11) is 1.64. The van der Waals surface area contributed by atoms with E-state index in [0.29, 0.717) is 44.8 Å². The van der Waals surface area contributed by atoms with E-state index in [0.717, 1.165) is 16.7 Å². The first-order chi connectivity index (χ1) is 13.7. The van der Waals surface area contributed by atoms with Gasteiger partial charge in [-0.2, -0.15) is 5.10 Å². The van der Waals surface area contributed by atoms with E-state index < -0.39 is 0 Å². The smallest absolute Gasteiger partial charge is 0.224 e. The van der Waals surface area contributed by atoms with Crippen molar-refractivity contribution in [2.75, 3.05) is 38.2 Å². The highest BCUT2D eigenvalue weighted by Gasteiger charge is 2.22. The lowest BCUT2D eigenvalue weighted by Gasteiger charge is -2.36. The summed E-state index contributed by atoms with van der Waals surface area (Å²) in [5, 5.41) is 5.38. The number of methoxy groups -OCH3 is 1. The fourth-order valence-corrected chi connectivity index (χ4v) is 3.63. The molecule has 1 aromatic heterocycles. The zero-order valence-electron chi connectivity index (χ0n) is 15.8. The number of carbonyl (C=O) groups excluding carboxylic acids is 1. The van der Waals surface area contributed by atoms with Crippen LogP contribution in [0, 0.1) is 5.82 Å². The average molecular weight is 382 g/mol. The Hall–Kier alpha value is -3.09. The molecular weight excluding hydrogens is 359 g/mol. The Kier molecular flexibility index (Phi) is 5.14. The molecule has 4 rings (SSSR count). The number of benzene rings is 2. The summed E-state index contributed by atoms with van der Waals surface area (Å²) in [4.78, 5) is 16.5. The Morgan fingerprint density at radius 3 is 2.68 bits per heavy atom. The van der Waals surface area contributed by atoms with Gasteiger partial charge in [-0.05, 0) is 30.3 Å². The SMILES string of the molecule is COc1ccc2c(cnn2CCC(=O)N2CCN(c3ccccc3F)CC2)c1. The standard InChI is InChI=1S/C21H23FN4O2/c1-28-17-6-7-19-16(14-17)15-23-26(19)9-8-21(27)25-12-10-24(11-13-25)20-5-3-2-4-18(20)22/h2-7,14-15H,8-13H2,1H3. The predicted molar refractivity (Wildman–Crippen MR) is 106 cm³/mol. The van der Waals surface area contributed by atoms with E-state index in [2.05, 4.69) is 5.10 Å². The number of halogens is 1. The van der Waals surface area contributed by atoms with Gasteiger partial charge in [-0.15, -0.1) is 0 Å². The lowest BCUT2D eigenvalue weighted by atomic mass is 10.2. The molecule has 7 heteroatoms. The lowest BCUT2D eigenvalue weighted by molar-refractivity contribution is -0.131. The minimum atomic E-state index is -0.218. The second kappa shape index (κ2) is 7.88. The molecule has 1 saturated heterocycles. The first-order valence-electron chi connectivity index (χ1n) is 9.42. The van der Waals surface area contributed by atoms with Crippen molar-refractivity contribution in [3.63, 3.8) is 0 Å². The van der Waals surface area contributed by atoms with E-state index in [4.69, 9.17) is 4.74 Å². The molecule has 1 fully saturated rings. The highest BCUT2D eigenvalue weighted by Crippen LogP contribution is 2.22. The zero-order valence-corrected chi connectivity index (χ0v) is 15.8. The Morgan fingerprint density at radius 1 is 1.14 bits per heavy atom. The van der Waals surface area contributed by atoms with Gasteiger partial charge in [0.15, 0.2) is 0 Å². The van der Waals surface area contributed by atoms with E-state index in [-0.39, 0.29) is 11.7 Å². The summed E-state index contributed by atoms with van der Waals surface area (Å²) in [6.07, 6.45) is 2.18. The molecule has 1 aliphatic rings. The van der Waals surface area contributed by atoms with E-state index in [1.807, 2.05) is 38.7 Å². The van der Waals surface area contributed by atoms with Crippen LogP contribution in [0.4, 0.5) is 10.1 Å². The molecule has 0 atom stereocenters. The van der Waals surface area contributed by atoms with Crippen LogP contribution in [0.15, 0.2) is 48.7 Å². The van der Waals surface area contributed by atoms with E-state index in [1.165, 1.54) is 6.07 Å². The summed E-state index contributed by atoms with van der Waals surface area (Å²) >= 11 is 0. The molecule has 0 radical (unpaired) electrons. The van der Waals surface area contributed by atoms with E-state index in [1.54, 1.807) is 25.4 Å². The van der Waals surface area contributed by atoms with Crippen LogP contribution in [0.25, 0.3) is 10.9 Å². The van der Waals surface area contributed by atoms with Crippen LogP contribution in [0.5, 0.6) is 5.75 Å². The molecule has 0 N–H and O–H groups in total. The van der Waals surface area contributed by atoms with Crippen molar-refractivity contribution in [3.8, 4) is 5.75 Å². The third-order valence-corrected chi connectivity index (χ3v) is 5.21. The van der Waals surface area contributed by atoms with E-state index >= 15 is 0 Å². The van der Waals surface area contributed by atoms with Crippen LogP contribution in [0.2, 0.25) is 0 Å². The number of hydrogen-bond donors (Lipinski definition) is 0. The normalized spacial score (nSPS) is 14.5. The Morgan fingerprint density at radius 2 is 1.93 bits per heavy atom. The molecule has 0 unspecified atom stereocenters. The molecule has 28 heavy (non-hydrogen) atoms. The van der Waals surface area contributed by atoms with Crippen LogP contribution < -0.4 is 9.64 Å². The molecule has 1 aliphatic heterocycles. The summed E-state index contributed by atoms with van der Waals surface area (Å²) in [6, 6.07) is 12.6. The maximum absolute atomic E-state index is 13.9.